The molecule has 0 saturated heterocycles. The molecule has 0 saturated carbocycles. The lowest BCUT2D eigenvalue weighted by Gasteiger charge is -2.05. The van der Waals surface area contributed by atoms with Gasteiger partial charge < -0.3 is 15.5 Å². The quantitative estimate of drug-likeness (QED) is 0.371. The Hall–Kier alpha value is -1.59. The van der Waals surface area contributed by atoms with Crippen molar-refractivity contribution in [2.24, 2.45) is 5.84 Å². The second kappa shape index (κ2) is 6.00. The molecule has 1 rings (SSSR count). The zero-order valence-corrected chi connectivity index (χ0v) is 8.62. The molecular formula is C10H15N3O2. The van der Waals surface area contributed by atoms with Gasteiger partial charge in [0.15, 0.2) is 0 Å². The summed E-state index contributed by atoms with van der Waals surface area (Å²) < 4.78 is 4.82. The first-order chi connectivity index (χ1) is 7.27. The largest absolute Gasteiger partial charge is 0.383 e. The van der Waals surface area contributed by atoms with Gasteiger partial charge in [-0.25, -0.2) is 0 Å². The van der Waals surface area contributed by atoms with E-state index in [0.717, 1.165) is 5.69 Å². The number of hydrogen-bond donors (Lipinski definition) is 3. The lowest BCUT2D eigenvalue weighted by molar-refractivity contribution is 0.0937. The predicted octanol–water partition coefficient (Wildman–Crippen LogP) is 0.348. The minimum Gasteiger partial charge on any atom is -0.383 e. The summed E-state index contributed by atoms with van der Waals surface area (Å²) in [5, 5.41) is 2.72. The van der Waals surface area contributed by atoms with Crippen LogP contribution in [0.1, 0.15) is 10.4 Å². The predicted molar refractivity (Wildman–Crippen MR) is 58.5 cm³/mol. The number of amides is 1. The molecule has 5 heteroatoms. The molecule has 0 aliphatic heterocycles. The topological polar surface area (TPSA) is 76.4 Å². The minimum atomic E-state index is -0.115. The molecule has 5 nitrogen and oxygen atoms in total. The number of carbonyl (C=O) groups excluding carboxylic acids is 1. The van der Waals surface area contributed by atoms with Gasteiger partial charge in [0, 0.05) is 24.9 Å². The van der Waals surface area contributed by atoms with Gasteiger partial charge in [0.05, 0.1) is 6.61 Å². The van der Waals surface area contributed by atoms with Crippen LogP contribution in [0.15, 0.2) is 24.3 Å². The number of anilines is 1. The monoisotopic (exact) mass is 209 g/mol. The zero-order valence-electron chi connectivity index (χ0n) is 8.62. The normalized spacial score (nSPS) is 9.73. The fourth-order valence-corrected chi connectivity index (χ4v) is 1.09. The van der Waals surface area contributed by atoms with Crippen molar-refractivity contribution < 1.29 is 9.53 Å². The summed E-state index contributed by atoms with van der Waals surface area (Å²) in [6.07, 6.45) is 0. The zero-order chi connectivity index (χ0) is 11.1. The fourth-order valence-electron chi connectivity index (χ4n) is 1.09. The summed E-state index contributed by atoms with van der Waals surface area (Å²) >= 11 is 0. The van der Waals surface area contributed by atoms with E-state index >= 15 is 0 Å². The van der Waals surface area contributed by atoms with Crippen LogP contribution in [0.4, 0.5) is 5.69 Å². The van der Waals surface area contributed by atoms with Gasteiger partial charge in [0.25, 0.3) is 5.91 Å². The van der Waals surface area contributed by atoms with Crippen LogP contribution in [0.2, 0.25) is 0 Å². The van der Waals surface area contributed by atoms with Crippen LogP contribution in [-0.2, 0) is 4.74 Å². The van der Waals surface area contributed by atoms with Gasteiger partial charge in [-0.05, 0) is 24.3 Å². The summed E-state index contributed by atoms with van der Waals surface area (Å²) in [6.45, 7) is 1.01. The Morgan fingerprint density at radius 3 is 2.60 bits per heavy atom. The van der Waals surface area contributed by atoms with Gasteiger partial charge >= 0.3 is 0 Å². The van der Waals surface area contributed by atoms with Gasteiger partial charge in [0.1, 0.15) is 0 Å². The SMILES string of the molecule is COCCNC(=O)c1ccc(NN)cc1. The molecule has 1 amide bonds. The summed E-state index contributed by atoms with van der Waals surface area (Å²) in [6, 6.07) is 6.89. The van der Waals surface area contributed by atoms with Crippen molar-refractivity contribution in [3.8, 4) is 0 Å². The number of hydrazine groups is 1. The van der Waals surface area contributed by atoms with Crippen molar-refractivity contribution in [2.45, 2.75) is 0 Å². The van der Waals surface area contributed by atoms with Crippen LogP contribution in [0, 0.1) is 0 Å². The van der Waals surface area contributed by atoms with Crippen LogP contribution in [0.5, 0.6) is 0 Å². The van der Waals surface area contributed by atoms with E-state index in [0.29, 0.717) is 18.7 Å². The first-order valence-electron chi connectivity index (χ1n) is 4.61. The highest BCUT2D eigenvalue weighted by molar-refractivity contribution is 5.94. The molecule has 0 aliphatic carbocycles. The summed E-state index contributed by atoms with van der Waals surface area (Å²) in [5.74, 6) is 5.09. The Morgan fingerprint density at radius 2 is 2.07 bits per heavy atom. The van der Waals surface area contributed by atoms with E-state index in [1.165, 1.54) is 0 Å². The van der Waals surface area contributed by atoms with Gasteiger partial charge in [-0.15, -0.1) is 0 Å². The highest BCUT2D eigenvalue weighted by Gasteiger charge is 2.03. The van der Waals surface area contributed by atoms with Crippen molar-refractivity contribution in [3.63, 3.8) is 0 Å². The molecule has 4 N–H and O–H groups in total. The van der Waals surface area contributed by atoms with Gasteiger partial charge in [-0.1, -0.05) is 0 Å². The van der Waals surface area contributed by atoms with Gasteiger partial charge in [0.2, 0.25) is 0 Å². The molecule has 15 heavy (non-hydrogen) atoms. The molecule has 0 bridgehead atoms. The average molecular weight is 209 g/mol. The maximum absolute atomic E-state index is 11.5. The van der Waals surface area contributed by atoms with E-state index in [9.17, 15) is 4.79 Å². The average Bonchev–Trinajstić information content (AvgIpc) is 2.29. The molecule has 1 aromatic carbocycles. The highest BCUT2D eigenvalue weighted by atomic mass is 16.5. The first-order valence-corrected chi connectivity index (χ1v) is 4.61. The molecule has 0 fully saturated rings. The van der Waals surface area contributed by atoms with Crippen LogP contribution in [0.25, 0.3) is 0 Å². The van der Waals surface area contributed by atoms with Crippen molar-refractivity contribution in [2.75, 3.05) is 25.7 Å². The lowest BCUT2D eigenvalue weighted by atomic mass is 10.2. The summed E-state index contributed by atoms with van der Waals surface area (Å²) in [7, 11) is 1.59. The number of benzene rings is 1. The maximum atomic E-state index is 11.5. The standard InChI is InChI=1S/C10H15N3O2/c1-15-7-6-12-10(14)8-2-4-9(13-11)5-3-8/h2-5,13H,6-7,11H2,1H3,(H,12,14). The molecule has 0 aliphatic rings. The fraction of sp³-hybridized carbons (Fsp3) is 0.300. The van der Waals surface area contributed by atoms with E-state index in [1.807, 2.05) is 0 Å². The molecule has 1 aromatic rings. The second-order valence-electron chi connectivity index (χ2n) is 2.97. The van der Waals surface area contributed by atoms with E-state index in [4.69, 9.17) is 10.6 Å². The van der Waals surface area contributed by atoms with E-state index in [2.05, 4.69) is 10.7 Å². The van der Waals surface area contributed by atoms with Crippen LogP contribution < -0.4 is 16.6 Å². The van der Waals surface area contributed by atoms with E-state index < -0.39 is 0 Å². The van der Waals surface area contributed by atoms with Crippen LogP contribution in [0.3, 0.4) is 0 Å². The van der Waals surface area contributed by atoms with Crippen LogP contribution in [-0.4, -0.2) is 26.2 Å². The maximum Gasteiger partial charge on any atom is 0.251 e. The Bertz CT molecular complexity index is 311. The van der Waals surface area contributed by atoms with E-state index in [1.54, 1.807) is 31.4 Å². The summed E-state index contributed by atoms with van der Waals surface area (Å²) in [5.41, 5.74) is 3.86. The number of methoxy groups -OCH3 is 1. The summed E-state index contributed by atoms with van der Waals surface area (Å²) in [4.78, 5) is 11.5. The van der Waals surface area contributed by atoms with Crippen molar-refractivity contribution in [3.05, 3.63) is 29.8 Å². The van der Waals surface area contributed by atoms with Gasteiger partial charge in [-0.2, -0.15) is 0 Å². The highest BCUT2D eigenvalue weighted by Crippen LogP contribution is 2.07. The van der Waals surface area contributed by atoms with Crippen molar-refractivity contribution >= 4 is 11.6 Å². The smallest absolute Gasteiger partial charge is 0.251 e. The third-order valence-corrected chi connectivity index (χ3v) is 1.91. The van der Waals surface area contributed by atoms with Gasteiger partial charge in [-0.3, -0.25) is 10.6 Å². The number of hydrogen-bond acceptors (Lipinski definition) is 4. The number of nitrogens with two attached hydrogens (primary N) is 1. The number of nitrogen functional groups attached to an aromatic ring is 1. The minimum absolute atomic E-state index is 0.115. The van der Waals surface area contributed by atoms with Crippen LogP contribution >= 0.6 is 0 Å². The number of nitrogens with one attached hydrogen (secondary N) is 2. The van der Waals surface area contributed by atoms with Crippen molar-refractivity contribution in [1.29, 1.82) is 0 Å². The molecular weight excluding hydrogens is 194 g/mol. The number of ether oxygens (including phenoxy) is 1. The molecule has 0 unspecified atom stereocenters. The first kappa shape index (κ1) is 11.5. The number of carbonyl (C=O) groups is 1. The molecule has 0 spiro atoms. The van der Waals surface area contributed by atoms with E-state index in [-0.39, 0.29) is 5.91 Å². The Morgan fingerprint density at radius 1 is 1.40 bits per heavy atom. The molecule has 82 valence electrons. The third-order valence-electron chi connectivity index (χ3n) is 1.91. The lowest BCUT2D eigenvalue weighted by Crippen LogP contribution is -2.26. The molecule has 0 radical (unpaired) electrons. The Kier molecular flexibility index (Phi) is 4.59. The Labute approximate surface area is 88.6 Å². The molecule has 0 aromatic heterocycles. The molecule has 0 heterocycles. The second-order valence-corrected chi connectivity index (χ2v) is 2.97. The number of rotatable bonds is 5. The molecule has 0 atom stereocenters. The Balaban J connectivity index is 2.50. The van der Waals surface area contributed by atoms with Crippen molar-refractivity contribution in [1.82, 2.24) is 5.32 Å². The third kappa shape index (κ3) is 3.57.